The van der Waals surface area contributed by atoms with Gasteiger partial charge < -0.3 is 5.32 Å². The number of hydrogen-bond acceptors (Lipinski definition) is 2. The minimum atomic E-state index is 1.21. The van der Waals surface area contributed by atoms with E-state index in [9.17, 15) is 0 Å². The second kappa shape index (κ2) is 2.55. The topological polar surface area (TPSA) is 12.0 Å². The SMILES string of the molecule is CNc1cccc2cscc12. The summed E-state index contributed by atoms with van der Waals surface area (Å²) in [6.07, 6.45) is 0. The Morgan fingerprint density at radius 2 is 2.18 bits per heavy atom. The number of thiophene rings is 1. The summed E-state index contributed by atoms with van der Waals surface area (Å²) in [5.74, 6) is 0. The highest BCUT2D eigenvalue weighted by Crippen LogP contribution is 2.25. The fraction of sp³-hybridized carbons (Fsp3) is 0.111. The molecule has 1 aromatic heterocycles. The number of hydrogen-bond donors (Lipinski definition) is 1. The summed E-state index contributed by atoms with van der Waals surface area (Å²) in [7, 11) is 1.95. The highest BCUT2D eigenvalue weighted by atomic mass is 32.1. The highest BCUT2D eigenvalue weighted by Gasteiger charge is 1.97. The Balaban J connectivity index is 2.79. The minimum absolute atomic E-state index is 1.21. The highest BCUT2D eigenvalue weighted by molar-refractivity contribution is 7.09. The van der Waals surface area contributed by atoms with Crippen LogP contribution in [0.3, 0.4) is 0 Å². The summed E-state index contributed by atoms with van der Waals surface area (Å²) in [5.41, 5.74) is 1.21. The quantitative estimate of drug-likeness (QED) is 0.681. The van der Waals surface area contributed by atoms with E-state index in [-0.39, 0.29) is 0 Å². The maximum atomic E-state index is 3.16. The van der Waals surface area contributed by atoms with Crippen molar-refractivity contribution in [2.24, 2.45) is 0 Å². The van der Waals surface area contributed by atoms with Crippen LogP contribution in [0.25, 0.3) is 10.8 Å². The Morgan fingerprint density at radius 1 is 1.27 bits per heavy atom. The monoisotopic (exact) mass is 163 g/mol. The molecule has 2 rings (SSSR count). The predicted octanol–water partition coefficient (Wildman–Crippen LogP) is 2.94. The van der Waals surface area contributed by atoms with Gasteiger partial charge in [0.25, 0.3) is 0 Å². The Bertz CT molecular complexity index is 364. The fourth-order valence-corrected chi connectivity index (χ4v) is 2.03. The maximum absolute atomic E-state index is 3.16. The van der Waals surface area contributed by atoms with Gasteiger partial charge in [0.05, 0.1) is 0 Å². The largest absolute Gasteiger partial charge is 0.388 e. The molecule has 0 fully saturated rings. The van der Waals surface area contributed by atoms with Gasteiger partial charge in [-0.05, 0) is 16.8 Å². The van der Waals surface area contributed by atoms with Crippen molar-refractivity contribution in [1.29, 1.82) is 0 Å². The zero-order valence-electron chi connectivity index (χ0n) is 6.29. The molecule has 2 aromatic rings. The molecule has 0 aliphatic rings. The van der Waals surface area contributed by atoms with E-state index in [2.05, 4.69) is 34.3 Å². The molecule has 0 aliphatic carbocycles. The van der Waals surface area contributed by atoms with Crippen LogP contribution in [0.1, 0.15) is 0 Å². The average Bonchev–Trinajstić information content (AvgIpc) is 2.50. The lowest BCUT2D eigenvalue weighted by molar-refractivity contribution is 1.55. The van der Waals surface area contributed by atoms with E-state index in [0.29, 0.717) is 0 Å². The molecule has 0 unspecified atom stereocenters. The Morgan fingerprint density at radius 3 is 3.00 bits per heavy atom. The van der Waals surface area contributed by atoms with Gasteiger partial charge in [-0.15, -0.1) is 0 Å². The maximum Gasteiger partial charge on any atom is 0.0425 e. The second-order valence-corrected chi connectivity index (χ2v) is 3.17. The second-order valence-electron chi connectivity index (χ2n) is 2.43. The van der Waals surface area contributed by atoms with Gasteiger partial charge in [-0.1, -0.05) is 12.1 Å². The van der Waals surface area contributed by atoms with Crippen LogP contribution in [0.2, 0.25) is 0 Å². The first-order valence-electron chi connectivity index (χ1n) is 3.54. The number of benzene rings is 1. The Hall–Kier alpha value is -1.02. The van der Waals surface area contributed by atoms with Gasteiger partial charge in [0.15, 0.2) is 0 Å². The third-order valence-corrected chi connectivity index (χ3v) is 2.55. The lowest BCUT2D eigenvalue weighted by atomic mass is 10.2. The zero-order chi connectivity index (χ0) is 7.68. The average molecular weight is 163 g/mol. The molecule has 0 saturated carbocycles. The number of rotatable bonds is 1. The fourth-order valence-electron chi connectivity index (χ4n) is 1.21. The molecule has 0 aliphatic heterocycles. The van der Waals surface area contributed by atoms with E-state index in [1.54, 1.807) is 11.3 Å². The molecule has 11 heavy (non-hydrogen) atoms. The first-order valence-corrected chi connectivity index (χ1v) is 4.49. The van der Waals surface area contributed by atoms with E-state index in [1.165, 1.54) is 16.5 Å². The summed E-state index contributed by atoms with van der Waals surface area (Å²) in [6.45, 7) is 0. The van der Waals surface area contributed by atoms with Gasteiger partial charge in [-0.3, -0.25) is 0 Å². The van der Waals surface area contributed by atoms with Crippen molar-refractivity contribution in [1.82, 2.24) is 0 Å². The number of anilines is 1. The van der Waals surface area contributed by atoms with Crippen LogP contribution in [-0.4, -0.2) is 7.05 Å². The van der Waals surface area contributed by atoms with E-state index in [4.69, 9.17) is 0 Å². The van der Waals surface area contributed by atoms with Crippen LogP contribution >= 0.6 is 11.3 Å². The number of fused-ring (bicyclic) bond motifs is 1. The normalized spacial score (nSPS) is 10.3. The molecule has 1 N–H and O–H groups in total. The predicted molar refractivity (Wildman–Crippen MR) is 51.4 cm³/mol. The van der Waals surface area contributed by atoms with Gasteiger partial charge in [-0.2, -0.15) is 11.3 Å². The minimum Gasteiger partial charge on any atom is -0.388 e. The molecule has 0 atom stereocenters. The van der Waals surface area contributed by atoms with Crippen molar-refractivity contribution in [2.75, 3.05) is 12.4 Å². The molecule has 1 nitrogen and oxygen atoms in total. The molecule has 1 aromatic carbocycles. The van der Waals surface area contributed by atoms with Gasteiger partial charge in [-0.25, -0.2) is 0 Å². The molecule has 0 spiro atoms. The molecule has 56 valence electrons. The van der Waals surface area contributed by atoms with Gasteiger partial charge in [0.1, 0.15) is 0 Å². The lowest BCUT2D eigenvalue weighted by Gasteiger charge is -1.99. The van der Waals surface area contributed by atoms with Gasteiger partial charge in [0, 0.05) is 23.5 Å². The molecular weight excluding hydrogens is 154 g/mol. The molecule has 2 heteroatoms. The Kier molecular flexibility index (Phi) is 1.55. The van der Waals surface area contributed by atoms with E-state index < -0.39 is 0 Å². The summed E-state index contributed by atoms with van der Waals surface area (Å²) in [4.78, 5) is 0. The molecule has 0 radical (unpaired) electrons. The van der Waals surface area contributed by atoms with Gasteiger partial charge in [0.2, 0.25) is 0 Å². The van der Waals surface area contributed by atoms with Crippen molar-refractivity contribution in [3.63, 3.8) is 0 Å². The summed E-state index contributed by atoms with van der Waals surface area (Å²) >= 11 is 1.74. The zero-order valence-corrected chi connectivity index (χ0v) is 7.11. The van der Waals surface area contributed by atoms with E-state index in [1.807, 2.05) is 7.05 Å². The van der Waals surface area contributed by atoms with Crippen LogP contribution in [0.4, 0.5) is 5.69 Å². The third kappa shape index (κ3) is 0.994. The molecular formula is C9H9NS. The van der Waals surface area contributed by atoms with Crippen LogP contribution in [0.15, 0.2) is 29.0 Å². The first-order chi connectivity index (χ1) is 5.42. The smallest absolute Gasteiger partial charge is 0.0425 e. The first kappa shape index (κ1) is 6.68. The molecule has 0 bridgehead atoms. The van der Waals surface area contributed by atoms with Crippen molar-refractivity contribution in [2.45, 2.75) is 0 Å². The molecule has 0 saturated heterocycles. The van der Waals surface area contributed by atoms with Gasteiger partial charge >= 0.3 is 0 Å². The van der Waals surface area contributed by atoms with E-state index in [0.717, 1.165) is 0 Å². The van der Waals surface area contributed by atoms with Crippen molar-refractivity contribution >= 4 is 27.8 Å². The standard InChI is InChI=1S/C9H9NS/c1-10-9-4-2-3-7-5-11-6-8(7)9/h2-6,10H,1H3. The summed E-state index contributed by atoms with van der Waals surface area (Å²) in [6, 6.07) is 6.29. The van der Waals surface area contributed by atoms with Crippen LogP contribution in [0, 0.1) is 0 Å². The number of nitrogens with one attached hydrogen (secondary N) is 1. The van der Waals surface area contributed by atoms with E-state index >= 15 is 0 Å². The van der Waals surface area contributed by atoms with Crippen molar-refractivity contribution in [3.8, 4) is 0 Å². The van der Waals surface area contributed by atoms with Crippen LogP contribution in [-0.2, 0) is 0 Å². The van der Waals surface area contributed by atoms with Crippen molar-refractivity contribution in [3.05, 3.63) is 29.0 Å². The van der Waals surface area contributed by atoms with Crippen LogP contribution in [0.5, 0.6) is 0 Å². The summed E-state index contributed by atoms with van der Waals surface area (Å²) in [5, 5.41) is 10.1. The van der Waals surface area contributed by atoms with Crippen molar-refractivity contribution < 1.29 is 0 Å². The summed E-state index contributed by atoms with van der Waals surface area (Å²) < 4.78 is 0. The molecule has 0 amide bonds. The Labute approximate surface area is 69.7 Å². The lowest BCUT2D eigenvalue weighted by Crippen LogP contribution is -1.86. The van der Waals surface area contributed by atoms with Crippen LogP contribution < -0.4 is 5.32 Å². The third-order valence-electron chi connectivity index (χ3n) is 1.79. The molecule has 1 heterocycles.